The van der Waals surface area contributed by atoms with Crippen LogP contribution in [0.4, 0.5) is 0 Å². The molecule has 1 aromatic carbocycles. The minimum absolute atomic E-state index is 0.760. The van der Waals surface area contributed by atoms with E-state index in [2.05, 4.69) is 50.3 Å². The summed E-state index contributed by atoms with van der Waals surface area (Å²) in [7, 11) is 0. The summed E-state index contributed by atoms with van der Waals surface area (Å²) in [5, 5.41) is 0. The van der Waals surface area contributed by atoms with Crippen molar-refractivity contribution >= 4 is 0 Å². The van der Waals surface area contributed by atoms with Crippen molar-refractivity contribution in [2.75, 3.05) is 6.61 Å². The maximum absolute atomic E-state index is 5.69. The normalized spacial score (nSPS) is 22.3. The van der Waals surface area contributed by atoms with Gasteiger partial charge in [-0.15, -0.1) is 0 Å². The van der Waals surface area contributed by atoms with Gasteiger partial charge in [0.05, 0.1) is 6.61 Å². The Morgan fingerprint density at radius 1 is 1.09 bits per heavy atom. The second-order valence-electron chi connectivity index (χ2n) is 6.67. The topological polar surface area (TPSA) is 9.23 Å². The molecule has 0 heterocycles. The maximum Gasteiger partial charge on any atom is 0.0716 e. The second-order valence-corrected chi connectivity index (χ2v) is 6.67. The van der Waals surface area contributed by atoms with E-state index in [9.17, 15) is 0 Å². The molecule has 1 aliphatic carbocycles. The lowest BCUT2D eigenvalue weighted by atomic mass is 9.77. The van der Waals surface area contributed by atoms with Crippen LogP contribution in [0.3, 0.4) is 0 Å². The SMILES string of the molecule is CC=CC[C@H]1CC[C@H](c2ccc(COCCCC)cc2)CC1. The first-order valence-corrected chi connectivity index (χ1v) is 9.11. The Bertz CT molecular complexity index is 424. The van der Waals surface area contributed by atoms with Gasteiger partial charge < -0.3 is 4.74 Å². The van der Waals surface area contributed by atoms with Crippen LogP contribution in [-0.2, 0) is 11.3 Å². The minimum atomic E-state index is 0.760. The highest BCUT2D eigenvalue weighted by atomic mass is 16.5. The second kappa shape index (κ2) is 9.84. The van der Waals surface area contributed by atoms with Crippen LogP contribution in [0.2, 0.25) is 0 Å². The van der Waals surface area contributed by atoms with Gasteiger partial charge in [-0.1, -0.05) is 49.8 Å². The highest BCUT2D eigenvalue weighted by Gasteiger charge is 2.21. The molecule has 0 N–H and O–H groups in total. The lowest BCUT2D eigenvalue weighted by molar-refractivity contribution is 0.118. The van der Waals surface area contributed by atoms with E-state index >= 15 is 0 Å². The summed E-state index contributed by atoms with van der Waals surface area (Å²) in [6.07, 6.45) is 13.6. The third-order valence-electron chi connectivity index (χ3n) is 4.91. The van der Waals surface area contributed by atoms with E-state index in [0.29, 0.717) is 0 Å². The van der Waals surface area contributed by atoms with E-state index in [-0.39, 0.29) is 0 Å². The van der Waals surface area contributed by atoms with Gasteiger partial charge in [0.25, 0.3) is 0 Å². The number of hydrogen-bond donors (Lipinski definition) is 0. The first-order valence-electron chi connectivity index (χ1n) is 9.11. The summed E-state index contributed by atoms with van der Waals surface area (Å²) in [5.41, 5.74) is 2.84. The summed E-state index contributed by atoms with van der Waals surface area (Å²) in [5.74, 6) is 1.69. The Hall–Kier alpha value is -1.08. The van der Waals surface area contributed by atoms with Crippen LogP contribution in [0.25, 0.3) is 0 Å². The highest BCUT2D eigenvalue weighted by molar-refractivity contribution is 5.25. The number of allylic oxidation sites excluding steroid dienone is 2. The molecule has 0 saturated heterocycles. The van der Waals surface area contributed by atoms with Crippen LogP contribution in [0.1, 0.15) is 75.8 Å². The standard InChI is InChI=1S/C21H32O/c1-3-5-7-18-8-12-20(13-9-18)21-14-10-19(11-15-21)17-22-16-6-4-2/h3,5,10-11,14-15,18,20H,4,6-9,12-13,16-17H2,1-2H3/t18-,20-. The van der Waals surface area contributed by atoms with Gasteiger partial charge >= 0.3 is 0 Å². The number of unbranched alkanes of at least 4 members (excludes halogenated alkanes) is 1. The molecule has 0 atom stereocenters. The summed E-state index contributed by atoms with van der Waals surface area (Å²) >= 11 is 0. The molecule has 2 rings (SSSR count). The Morgan fingerprint density at radius 3 is 2.45 bits per heavy atom. The van der Waals surface area contributed by atoms with Crippen molar-refractivity contribution in [1.82, 2.24) is 0 Å². The van der Waals surface area contributed by atoms with E-state index in [0.717, 1.165) is 31.5 Å². The van der Waals surface area contributed by atoms with E-state index in [1.807, 2.05) is 0 Å². The third kappa shape index (κ3) is 5.61. The van der Waals surface area contributed by atoms with Crippen molar-refractivity contribution in [3.8, 4) is 0 Å². The molecule has 0 unspecified atom stereocenters. The summed E-state index contributed by atoms with van der Waals surface area (Å²) in [4.78, 5) is 0. The Kier molecular flexibility index (Phi) is 7.73. The largest absolute Gasteiger partial charge is 0.377 e. The highest BCUT2D eigenvalue weighted by Crippen LogP contribution is 2.37. The third-order valence-corrected chi connectivity index (χ3v) is 4.91. The number of hydrogen-bond acceptors (Lipinski definition) is 1. The van der Waals surface area contributed by atoms with E-state index in [4.69, 9.17) is 4.74 Å². The first-order chi connectivity index (χ1) is 10.8. The molecule has 0 amide bonds. The lowest BCUT2D eigenvalue weighted by Crippen LogP contribution is -2.12. The Balaban J connectivity index is 1.76. The van der Waals surface area contributed by atoms with Gasteiger partial charge in [-0.05, 0) is 68.4 Å². The van der Waals surface area contributed by atoms with Gasteiger partial charge in [-0.3, -0.25) is 0 Å². The molecular formula is C21H32O. The smallest absolute Gasteiger partial charge is 0.0716 e. The number of ether oxygens (including phenoxy) is 1. The first kappa shape index (κ1) is 17.3. The lowest BCUT2D eigenvalue weighted by Gasteiger charge is -2.28. The fourth-order valence-electron chi connectivity index (χ4n) is 3.38. The van der Waals surface area contributed by atoms with Gasteiger partial charge in [0.1, 0.15) is 0 Å². The molecule has 0 spiro atoms. The molecule has 1 nitrogen and oxygen atoms in total. The Morgan fingerprint density at radius 2 is 1.82 bits per heavy atom. The minimum Gasteiger partial charge on any atom is -0.377 e. The van der Waals surface area contributed by atoms with Gasteiger partial charge in [0.15, 0.2) is 0 Å². The molecule has 1 fully saturated rings. The van der Waals surface area contributed by atoms with Crippen molar-refractivity contribution in [1.29, 1.82) is 0 Å². The molecule has 0 aliphatic heterocycles. The van der Waals surface area contributed by atoms with Crippen molar-refractivity contribution in [3.63, 3.8) is 0 Å². The van der Waals surface area contributed by atoms with E-state index in [1.165, 1.54) is 49.7 Å². The van der Waals surface area contributed by atoms with Gasteiger partial charge in [-0.2, -0.15) is 0 Å². The van der Waals surface area contributed by atoms with Crippen LogP contribution >= 0.6 is 0 Å². The molecule has 0 aromatic heterocycles. The fraction of sp³-hybridized carbons (Fsp3) is 0.619. The van der Waals surface area contributed by atoms with E-state index in [1.54, 1.807) is 0 Å². The quantitative estimate of drug-likeness (QED) is 0.407. The Labute approximate surface area is 136 Å². The van der Waals surface area contributed by atoms with Crippen LogP contribution in [-0.4, -0.2) is 6.61 Å². The maximum atomic E-state index is 5.69. The molecule has 1 aromatic rings. The number of benzene rings is 1. The molecule has 0 radical (unpaired) electrons. The average molecular weight is 300 g/mol. The van der Waals surface area contributed by atoms with Crippen LogP contribution < -0.4 is 0 Å². The van der Waals surface area contributed by atoms with Crippen LogP contribution in [0.5, 0.6) is 0 Å². The molecule has 0 bridgehead atoms. The summed E-state index contributed by atoms with van der Waals surface area (Å²) in [6.45, 7) is 5.97. The molecule has 22 heavy (non-hydrogen) atoms. The van der Waals surface area contributed by atoms with Crippen molar-refractivity contribution in [2.24, 2.45) is 5.92 Å². The average Bonchev–Trinajstić information content (AvgIpc) is 2.58. The zero-order chi connectivity index (χ0) is 15.6. The van der Waals surface area contributed by atoms with Gasteiger partial charge in [0, 0.05) is 6.61 Å². The summed E-state index contributed by atoms with van der Waals surface area (Å²) < 4.78 is 5.69. The molecule has 1 saturated carbocycles. The summed E-state index contributed by atoms with van der Waals surface area (Å²) in [6, 6.07) is 9.17. The van der Waals surface area contributed by atoms with Gasteiger partial charge in [0.2, 0.25) is 0 Å². The van der Waals surface area contributed by atoms with Crippen molar-refractivity contribution in [3.05, 3.63) is 47.5 Å². The fourth-order valence-corrected chi connectivity index (χ4v) is 3.38. The molecular weight excluding hydrogens is 268 g/mol. The zero-order valence-corrected chi connectivity index (χ0v) is 14.4. The predicted octanol–water partition coefficient (Wildman–Crippen LogP) is 6.24. The molecule has 1 heteroatoms. The number of rotatable bonds is 8. The zero-order valence-electron chi connectivity index (χ0n) is 14.4. The van der Waals surface area contributed by atoms with Crippen LogP contribution in [0.15, 0.2) is 36.4 Å². The predicted molar refractivity (Wildman–Crippen MR) is 95.1 cm³/mol. The van der Waals surface area contributed by atoms with Gasteiger partial charge in [-0.25, -0.2) is 0 Å². The van der Waals surface area contributed by atoms with Crippen molar-refractivity contribution in [2.45, 2.75) is 71.3 Å². The van der Waals surface area contributed by atoms with Crippen molar-refractivity contribution < 1.29 is 4.74 Å². The van der Waals surface area contributed by atoms with Crippen LogP contribution in [0, 0.1) is 5.92 Å². The molecule has 1 aliphatic rings. The monoisotopic (exact) mass is 300 g/mol. The van der Waals surface area contributed by atoms with E-state index < -0.39 is 0 Å². The molecule has 122 valence electrons.